The summed E-state index contributed by atoms with van der Waals surface area (Å²) in [4.78, 5) is 35.9. The topological polar surface area (TPSA) is 108 Å². The number of ether oxygens (including phenoxy) is 2. The summed E-state index contributed by atoms with van der Waals surface area (Å²) in [6.45, 7) is 4.39. The second kappa shape index (κ2) is 69.3. The molecule has 0 aliphatic carbocycles. The molecule has 0 aromatic carbocycles. The predicted molar refractivity (Wildman–Crippen MR) is 381 cm³/mol. The Morgan fingerprint density at radius 2 is 0.648 bits per heavy atom. The molecule has 0 radical (unpaired) electrons. The first-order valence-corrected chi connectivity index (χ1v) is 39.9. The van der Waals surface area contributed by atoms with Crippen molar-refractivity contribution in [3.63, 3.8) is 0 Å². The van der Waals surface area contributed by atoms with Crippen LogP contribution in [0.15, 0.2) is 48.6 Å². The Hall–Kier alpha value is -2.03. The van der Waals surface area contributed by atoms with E-state index in [1.54, 1.807) is 0 Å². The molecule has 2 atom stereocenters. The number of carbonyl (C=O) groups excluding carboxylic acids is 2. The average Bonchev–Trinajstić information content (AvgIpc) is 3.60. The van der Waals surface area contributed by atoms with Crippen molar-refractivity contribution < 1.29 is 42.1 Å². The van der Waals surface area contributed by atoms with E-state index in [-0.39, 0.29) is 25.6 Å². The van der Waals surface area contributed by atoms with Crippen LogP contribution in [0, 0.1) is 0 Å². The number of phosphoric acid groups is 1. The first kappa shape index (κ1) is 86.0. The molecule has 1 N–H and O–H groups in total. The zero-order chi connectivity index (χ0) is 64.1. The van der Waals surface area contributed by atoms with Crippen LogP contribution >= 0.6 is 7.82 Å². The first-order valence-electron chi connectivity index (χ1n) is 38.4. The quantitative estimate of drug-likeness (QED) is 0.0211. The number of esters is 2. The molecule has 0 rings (SSSR count). The Morgan fingerprint density at radius 1 is 0.364 bits per heavy atom. The van der Waals surface area contributed by atoms with Crippen molar-refractivity contribution >= 4 is 19.8 Å². The minimum absolute atomic E-state index is 0.0332. The zero-order valence-electron chi connectivity index (χ0n) is 59.2. The molecule has 0 aromatic heterocycles. The Morgan fingerprint density at radius 3 is 0.966 bits per heavy atom. The number of hydrogen-bond donors (Lipinski definition) is 1. The summed E-state index contributed by atoms with van der Waals surface area (Å²) in [5.74, 6) is -0.778. The molecule has 0 saturated carbocycles. The maximum absolute atomic E-state index is 12.9. The second-order valence-corrected chi connectivity index (χ2v) is 28.8. The fraction of sp³-hybridized carbons (Fsp3) is 0.872. The van der Waals surface area contributed by atoms with Gasteiger partial charge in [-0.3, -0.25) is 18.6 Å². The van der Waals surface area contributed by atoms with Gasteiger partial charge in [-0.1, -0.05) is 371 Å². The fourth-order valence-corrected chi connectivity index (χ4v) is 12.3. The van der Waals surface area contributed by atoms with E-state index < -0.39 is 26.5 Å². The van der Waals surface area contributed by atoms with E-state index in [9.17, 15) is 19.0 Å². The Bertz CT molecular complexity index is 1620. The van der Waals surface area contributed by atoms with Crippen LogP contribution in [-0.2, 0) is 32.7 Å². The number of likely N-dealkylation sites (N-methyl/N-ethyl adjacent to an activating group) is 1. The lowest BCUT2D eigenvalue weighted by Crippen LogP contribution is -2.37. The van der Waals surface area contributed by atoms with Crippen molar-refractivity contribution in [1.82, 2.24) is 0 Å². The van der Waals surface area contributed by atoms with Crippen LogP contribution in [0.3, 0.4) is 0 Å². The van der Waals surface area contributed by atoms with E-state index in [0.29, 0.717) is 23.9 Å². The summed E-state index contributed by atoms with van der Waals surface area (Å²) in [5, 5.41) is 0. The van der Waals surface area contributed by atoms with Gasteiger partial charge in [0, 0.05) is 12.8 Å². The van der Waals surface area contributed by atoms with Crippen LogP contribution in [0.2, 0.25) is 0 Å². The van der Waals surface area contributed by atoms with Gasteiger partial charge in [0.15, 0.2) is 6.10 Å². The molecule has 518 valence electrons. The van der Waals surface area contributed by atoms with Crippen molar-refractivity contribution in [3.05, 3.63) is 48.6 Å². The van der Waals surface area contributed by atoms with Crippen molar-refractivity contribution in [2.45, 2.75) is 392 Å². The van der Waals surface area contributed by atoms with Crippen molar-refractivity contribution in [2.75, 3.05) is 47.5 Å². The summed E-state index contributed by atoms with van der Waals surface area (Å²) in [7, 11) is 1.49. The largest absolute Gasteiger partial charge is 0.472 e. The fourth-order valence-electron chi connectivity index (χ4n) is 11.5. The molecule has 10 heteroatoms. The summed E-state index contributed by atoms with van der Waals surface area (Å²) in [5.41, 5.74) is 0. The SMILES string of the molecule is CC/C=C\C/C=C\C/C=C\C/C=C\CCCCCCCCCCCCCCCCC(=O)OC(COC(=O)CCCCCCCCCCCCCCCCCCCCCCCCCCCCCCCCCCCCCCC)COP(=O)(O)OCC[N+](C)(C)C. The summed E-state index contributed by atoms with van der Waals surface area (Å²) >= 11 is 0. The van der Waals surface area contributed by atoms with Gasteiger partial charge in [0.25, 0.3) is 0 Å². The molecule has 0 aliphatic heterocycles. The minimum Gasteiger partial charge on any atom is -0.462 e. The second-order valence-electron chi connectivity index (χ2n) is 27.4. The summed E-state index contributed by atoms with van der Waals surface area (Å²) in [6.07, 6.45) is 91.1. The van der Waals surface area contributed by atoms with E-state index in [1.165, 1.54) is 295 Å². The molecule has 0 saturated heterocycles. The van der Waals surface area contributed by atoms with Crippen LogP contribution in [0.4, 0.5) is 0 Å². The standard InChI is InChI=1S/C78H148NO8P/c1-6-8-10-12-14-16-18-20-22-24-26-28-30-32-34-35-36-37-38-39-40-41-42-43-45-46-48-50-52-54-56-58-60-62-64-66-68-70-77(80)84-74-76(75-86-88(82,83)85-73-72-79(3,4)5)87-78(81)71-69-67-65-63-61-59-57-55-53-51-49-47-44-33-31-29-27-25-23-21-19-17-15-13-11-9-7-2/h9,11,15,17,21,23,27,29,76H,6-8,10,12-14,16,18-20,22,24-26,28,30-75H2,1-5H3/p+1/b11-9-,17-15-,23-21-,29-27-. The third-order valence-corrected chi connectivity index (χ3v) is 18.4. The zero-order valence-corrected chi connectivity index (χ0v) is 60.1. The van der Waals surface area contributed by atoms with Crippen molar-refractivity contribution in [1.29, 1.82) is 0 Å². The molecule has 0 bridgehead atoms. The molecule has 9 nitrogen and oxygen atoms in total. The lowest BCUT2D eigenvalue weighted by molar-refractivity contribution is -0.870. The van der Waals surface area contributed by atoms with E-state index in [4.69, 9.17) is 18.5 Å². The first-order chi connectivity index (χ1) is 43.0. The maximum atomic E-state index is 12.9. The summed E-state index contributed by atoms with van der Waals surface area (Å²) in [6, 6.07) is 0. The highest BCUT2D eigenvalue weighted by atomic mass is 31.2. The molecule has 0 aromatic rings. The number of allylic oxidation sites excluding steroid dienone is 8. The van der Waals surface area contributed by atoms with Crippen LogP contribution < -0.4 is 0 Å². The number of quaternary nitrogens is 1. The number of carbonyl (C=O) groups is 2. The van der Waals surface area contributed by atoms with Crippen molar-refractivity contribution in [3.8, 4) is 0 Å². The highest BCUT2D eigenvalue weighted by Crippen LogP contribution is 2.43. The Labute approximate surface area is 547 Å². The molecule has 0 amide bonds. The van der Waals surface area contributed by atoms with Crippen LogP contribution in [0.5, 0.6) is 0 Å². The van der Waals surface area contributed by atoms with E-state index in [0.717, 1.165) is 57.8 Å². The number of phosphoric ester groups is 1. The highest BCUT2D eigenvalue weighted by molar-refractivity contribution is 7.47. The predicted octanol–water partition coefficient (Wildman–Crippen LogP) is 25.2. The number of nitrogens with zero attached hydrogens (tertiary/aromatic N) is 1. The van der Waals surface area contributed by atoms with Gasteiger partial charge in [-0.05, 0) is 51.4 Å². The lowest BCUT2D eigenvalue weighted by Gasteiger charge is -2.24. The van der Waals surface area contributed by atoms with Crippen LogP contribution in [0.1, 0.15) is 386 Å². The number of unbranched alkanes of at least 4 members (excludes halogenated alkanes) is 50. The molecular weight excluding hydrogens is 1110 g/mol. The monoisotopic (exact) mass is 1260 g/mol. The molecule has 0 aliphatic rings. The molecule has 0 spiro atoms. The maximum Gasteiger partial charge on any atom is 0.472 e. The van der Waals surface area contributed by atoms with Gasteiger partial charge in [0.1, 0.15) is 19.8 Å². The normalized spacial score (nSPS) is 13.3. The smallest absolute Gasteiger partial charge is 0.462 e. The van der Waals surface area contributed by atoms with Gasteiger partial charge >= 0.3 is 19.8 Å². The van der Waals surface area contributed by atoms with Gasteiger partial charge in [0.2, 0.25) is 0 Å². The van der Waals surface area contributed by atoms with E-state index in [1.807, 2.05) is 21.1 Å². The highest BCUT2D eigenvalue weighted by Gasteiger charge is 2.27. The van der Waals surface area contributed by atoms with Gasteiger partial charge in [-0.2, -0.15) is 0 Å². The van der Waals surface area contributed by atoms with E-state index >= 15 is 0 Å². The number of hydrogen-bond acceptors (Lipinski definition) is 7. The van der Waals surface area contributed by atoms with Crippen molar-refractivity contribution in [2.24, 2.45) is 0 Å². The third-order valence-electron chi connectivity index (χ3n) is 17.4. The Kier molecular flexibility index (Phi) is 67.7. The van der Waals surface area contributed by atoms with Crippen LogP contribution in [-0.4, -0.2) is 74.9 Å². The molecule has 2 unspecified atom stereocenters. The molecule has 0 heterocycles. The Balaban J connectivity index is 3.91. The average molecular weight is 1260 g/mol. The van der Waals surface area contributed by atoms with E-state index in [2.05, 4.69) is 62.5 Å². The summed E-state index contributed by atoms with van der Waals surface area (Å²) < 4.78 is 34.8. The molecular formula is C78H149NO8P+. The van der Waals surface area contributed by atoms with Gasteiger partial charge < -0.3 is 18.9 Å². The lowest BCUT2D eigenvalue weighted by atomic mass is 10.0. The van der Waals surface area contributed by atoms with Gasteiger partial charge in [-0.25, -0.2) is 4.57 Å². The third kappa shape index (κ3) is 73.0. The molecule has 0 fully saturated rings. The van der Waals surface area contributed by atoms with Crippen LogP contribution in [0.25, 0.3) is 0 Å². The van der Waals surface area contributed by atoms with Gasteiger partial charge in [0.05, 0.1) is 27.7 Å². The van der Waals surface area contributed by atoms with Gasteiger partial charge in [-0.15, -0.1) is 0 Å². The number of rotatable bonds is 72. The molecule has 88 heavy (non-hydrogen) atoms. The minimum atomic E-state index is -4.39.